The molecule has 4 nitrogen and oxygen atoms in total. The Balaban J connectivity index is 2.55. The van der Waals surface area contributed by atoms with Gasteiger partial charge in [0.15, 0.2) is 0 Å². The third-order valence-electron chi connectivity index (χ3n) is 1.84. The Morgan fingerprint density at radius 1 is 1.64 bits per heavy atom. The van der Waals surface area contributed by atoms with Crippen molar-refractivity contribution in [3.8, 4) is 5.88 Å². The maximum atomic E-state index is 8.57. The molecule has 4 heteroatoms. The largest absolute Gasteiger partial charge is 0.478 e. The Labute approximate surface area is 83.7 Å². The van der Waals surface area contributed by atoms with Crippen LogP contribution in [0, 0.1) is 0 Å². The number of aliphatic hydroxyl groups excluding tert-OH is 1. The third kappa shape index (κ3) is 3.32. The van der Waals surface area contributed by atoms with Gasteiger partial charge in [-0.05, 0) is 18.6 Å². The topological polar surface area (TPSA) is 68.4 Å². The van der Waals surface area contributed by atoms with Crippen LogP contribution in [0.5, 0.6) is 5.88 Å². The molecule has 0 spiro atoms. The minimum Gasteiger partial charge on any atom is -0.478 e. The summed E-state index contributed by atoms with van der Waals surface area (Å²) < 4.78 is 5.31. The molecule has 0 bridgehead atoms. The van der Waals surface area contributed by atoms with Crippen molar-refractivity contribution < 1.29 is 9.84 Å². The average Bonchev–Trinajstić information content (AvgIpc) is 2.19. The van der Waals surface area contributed by atoms with Crippen LogP contribution in [0.4, 0.5) is 0 Å². The first kappa shape index (κ1) is 10.9. The smallest absolute Gasteiger partial charge is 0.213 e. The molecule has 0 amide bonds. The quantitative estimate of drug-likeness (QED) is 0.685. The Morgan fingerprint density at radius 2 is 2.43 bits per heavy atom. The highest BCUT2D eigenvalue weighted by Crippen LogP contribution is 2.14. The molecule has 1 atom stereocenters. The van der Waals surface area contributed by atoms with Crippen LogP contribution in [0.2, 0.25) is 0 Å². The zero-order valence-corrected chi connectivity index (χ0v) is 8.31. The molecule has 0 saturated carbocycles. The molecule has 0 aliphatic heterocycles. The van der Waals surface area contributed by atoms with E-state index in [4.69, 9.17) is 15.6 Å². The standard InChI is InChI=1S/C10H16N2O2/c1-8(11)9-3-4-12-10(7-9)14-6-2-5-13/h3-4,7-8,13H,2,5-6,11H2,1H3/t8-/m0/s1. The van der Waals surface area contributed by atoms with Gasteiger partial charge < -0.3 is 15.6 Å². The molecule has 0 aliphatic carbocycles. The Bertz CT molecular complexity index is 277. The molecule has 0 aliphatic rings. The van der Waals surface area contributed by atoms with Gasteiger partial charge in [0.25, 0.3) is 0 Å². The van der Waals surface area contributed by atoms with E-state index in [1.165, 1.54) is 0 Å². The second-order valence-corrected chi connectivity index (χ2v) is 3.14. The Kier molecular flexibility index (Phi) is 4.35. The SMILES string of the molecule is C[C@H](N)c1ccnc(OCCCO)c1. The minimum atomic E-state index is -0.0156. The van der Waals surface area contributed by atoms with Gasteiger partial charge in [-0.15, -0.1) is 0 Å². The van der Waals surface area contributed by atoms with Gasteiger partial charge in [-0.25, -0.2) is 4.98 Å². The lowest BCUT2D eigenvalue weighted by Crippen LogP contribution is -2.06. The van der Waals surface area contributed by atoms with E-state index < -0.39 is 0 Å². The number of hydrogen-bond donors (Lipinski definition) is 2. The fourth-order valence-corrected chi connectivity index (χ4v) is 1.03. The monoisotopic (exact) mass is 196 g/mol. The summed E-state index contributed by atoms with van der Waals surface area (Å²) in [5.41, 5.74) is 6.71. The van der Waals surface area contributed by atoms with E-state index in [9.17, 15) is 0 Å². The summed E-state index contributed by atoms with van der Waals surface area (Å²) in [6.07, 6.45) is 2.29. The third-order valence-corrected chi connectivity index (χ3v) is 1.84. The summed E-state index contributed by atoms with van der Waals surface area (Å²) in [7, 11) is 0. The first-order valence-corrected chi connectivity index (χ1v) is 4.69. The van der Waals surface area contributed by atoms with Gasteiger partial charge in [0.05, 0.1) is 6.61 Å². The summed E-state index contributed by atoms with van der Waals surface area (Å²) in [5, 5.41) is 8.57. The molecule has 78 valence electrons. The predicted octanol–water partition coefficient (Wildman–Crippen LogP) is 0.863. The predicted molar refractivity (Wildman–Crippen MR) is 54.0 cm³/mol. The lowest BCUT2D eigenvalue weighted by molar-refractivity contribution is 0.229. The van der Waals surface area contributed by atoms with Crippen molar-refractivity contribution in [1.29, 1.82) is 0 Å². The van der Waals surface area contributed by atoms with E-state index in [-0.39, 0.29) is 12.6 Å². The zero-order valence-electron chi connectivity index (χ0n) is 8.31. The van der Waals surface area contributed by atoms with Crippen LogP contribution in [-0.4, -0.2) is 23.3 Å². The van der Waals surface area contributed by atoms with Crippen molar-refractivity contribution in [1.82, 2.24) is 4.98 Å². The number of nitrogens with zero attached hydrogens (tertiary/aromatic N) is 1. The fourth-order valence-electron chi connectivity index (χ4n) is 1.03. The second-order valence-electron chi connectivity index (χ2n) is 3.14. The number of aliphatic hydroxyl groups is 1. The highest BCUT2D eigenvalue weighted by atomic mass is 16.5. The number of nitrogens with two attached hydrogens (primary N) is 1. The first-order valence-electron chi connectivity index (χ1n) is 4.69. The van der Waals surface area contributed by atoms with E-state index in [2.05, 4.69) is 4.98 Å². The summed E-state index contributed by atoms with van der Waals surface area (Å²) in [6, 6.07) is 3.67. The summed E-state index contributed by atoms with van der Waals surface area (Å²) in [4.78, 5) is 4.03. The van der Waals surface area contributed by atoms with Gasteiger partial charge in [0.1, 0.15) is 0 Å². The molecule has 3 N–H and O–H groups in total. The highest BCUT2D eigenvalue weighted by molar-refractivity contribution is 5.22. The average molecular weight is 196 g/mol. The normalized spacial score (nSPS) is 12.5. The van der Waals surface area contributed by atoms with Crippen molar-refractivity contribution in [2.24, 2.45) is 5.73 Å². The van der Waals surface area contributed by atoms with Crippen LogP contribution in [0.25, 0.3) is 0 Å². The number of rotatable bonds is 5. The summed E-state index contributed by atoms with van der Waals surface area (Å²) >= 11 is 0. The van der Waals surface area contributed by atoms with Crippen LogP contribution in [-0.2, 0) is 0 Å². The molecule has 1 heterocycles. The van der Waals surface area contributed by atoms with Crippen molar-refractivity contribution in [3.63, 3.8) is 0 Å². The molecule has 0 fully saturated rings. The molecular formula is C10H16N2O2. The number of ether oxygens (including phenoxy) is 1. The van der Waals surface area contributed by atoms with E-state index in [1.807, 2.05) is 19.1 Å². The van der Waals surface area contributed by atoms with E-state index >= 15 is 0 Å². The van der Waals surface area contributed by atoms with Gasteiger partial charge in [-0.1, -0.05) is 0 Å². The van der Waals surface area contributed by atoms with Crippen LogP contribution in [0.3, 0.4) is 0 Å². The van der Waals surface area contributed by atoms with Crippen molar-refractivity contribution in [3.05, 3.63) is 23.9 Å². The van der Waals surface area contributed by atoms with Crippen molar-refractivity contribution in [2.75, 3.05) is 13.2 Å². The molecule has 0 aromatic carbocycles. The second kappa shape index (κ2) is 5.57. The van der Waals surface area contributed by atoms with Crippen LogP contribution in [0.15, 0.2) is 18.3 Å². The fraction of sp³-hybridized carbons (Fsp3) is 0.500. The number of pyridine rings is 1. The lowest BCUT2D eigenvalue weighted by atomic mass is 10.1. The zero-order chi connectivity index (χ0) is 10.4. The number of hydrogen-bond acceptors (Lipinski definition) is 4. The lowest BCUT2D eigenvalue weighted by Gasteiger charge is -2.08. The van der Waals surface area contributed by atoms with E-state index in [0.29, 0.717) is 18.9 Å². The Hall–Kier alpha value is -1.13. The van der Waals surface area contributed by atoms with Gasteiger partial charge in [-0.2, -0.15) is 0 Å². The highest BCUT2D eigenvalue weighted by Gasteiger charge is 2.01. The molecule has 1 aromatic heterocycles. The molecule has 0 radical (unpaired) electrons. The maximum absolute atomic E-state index is 8.57. The molecule has 1 aromatic rings. The Morgan fingerprint density at radius 3 is 3.07 bits per heavy atom. The van der Waals surface area contributed by atoms with Crippen LogP contribution in [0.1, 0.15) is 24.9 Å². The van der Waals surface area contributed by atoms with E-state index in [1.54, 1.807) is 6.20 Å². The molecule has 0 unspecified atom stereocenters. The minimum absolute atomic E-state index is 0.0156. The van der Waals surface area contributed by atoms with Gasteiger partial charge in [0, 0.05) is 31.3 Å². The first-order chi connectivity index (χ1) is 6.74. The van der Waals surface area contributed by atoms with Crippen molar-refractivity contribution in [2.45, 2.75) is 19.4 Å². The summed E-state index contributed by atoms with van der Waals surface area (Å²) in [5.74, 6) is 0.563. The molecule has 1 rings (SSSR count). The maximum Gasteiger partial charge on any atom is 0.213 e. The van der Waals surface area contributed by atoms with Crippen LogP contribution < -0.4 is 10.5 Å². The molecular weight excluding hydrogens is 180 g/mol. The van der Waals surface area contributed by atoms with Gasteiger partial charge >= 0.3 is 0 Å². The molecule has 0 saturated heterocycles. The van der Waals surface area contributed by atoms with Gasteiger partial charge in [0.2, 0.25) is 5.88 Å². The molecule has 14 heavy (non-hydrogen) atoms. The number of aromatic nitrogens is 1. The summed E-state index contributed by atoms with van der Waals surface area (Å²) in [6.45, 7) is 2.52. The van der Waals surface area contributed by atoms with E-state index in [0.717, 1.165) is 5.56 Å². The van der Waals surface area contributed by atoms with Crippen LogP contribution >= 0.6 is 0 Å². The van der Waals surface area contributed by atoms with Crippen molar-refractivity contribution >= 4 is 0 Å². The van der Waals surface area contributed by atoms with Gasteiger partial charge in [-0.3, -0.25) is 0 Å².